The third-order valence-corrected chi connectivity index (χ3v) is 7.28. The van der Waals surface area contributed by atoms with Crippen LogP contribution in [0, 0.1) is 19.8 Å². The van der Waals surface area contributed by atoms with Crippen molar-refractivity contribution >= 4 is 23.0 Å². The molecule has 0 bridgehead atoms. The molecule has 2 aliphatic heterocycles. The summed E-state index contributed by atoms with van der Waals surface area (Å²) in [4.78, 5) is 15.1. The van der Waals surface area contributed by atoms with Gasteiger partial charge in [-0.3, -0.25) is 0 Å². The van der Waals surface area contributed by atoms with Gasteiger partial charge in [-0.25, -0.2) is 9.97 Å². The van der Waals surface area contributed by atoms with Gasteiger partial charge < -0.3 is 9.80 Å². The summed E-state index contributed by atoms with van der Waals surface area (Å²) in [6, 6.07) is 19.7. The highest BCUT2D eigenvalue weighted by atomic mass is 15.5. The monoisotopic (exact) mass is 412 g/mol. The van der Waals surface area contributed by atoms with Gasteiger partial charge in [0.2, 0.25) is 0 Å². The van der Waals surface area contributed by atoms with Crippen molar-refractivity contribution in [1.82, 2.24) is 9.97 Å². The zero-order valence-corrected chi connectivity index (χ0v) is 19.0. The topological polar surface area (TPSA) is 32.3 Å². The van der Waals surface area contributed by atoms with E-state index in [9.17, 15) is 0 Å². The van der Waals surface area contributed by atoms with Crippen LogP contribution in [0.25, 0.3) is 0 Å². The second-order valence-corrected chi connectivity index (χ2v) is 8.92. The Balaban J connectivity index is 1.76. The SMILES string of the molecule is CCC1CCC2N(c3ccccc3)c3nc(C)c(C)nc3N2c2ccccc2C1CC. The Morgan fingerprint density at radius 2 is 1.42 bits per heavy atom. The second kappa shape index (κ2) is 7.99. The minimum atomic E-state index is 0.187. The first-order chi connectivity index (χ1) is 15.1. The van der Waals surface area contributed by atoms with Gasteiger partial charge >= 0.3 is 0 Å². The fraction of sp³-hybridized carbons (Fsp3) is 0.407. The standard InChI is InChI=1S/C27H32N4/c1-5-20-16-17-25-30(21-12-8-7-9-13-21)26-27(29-19(4)18(3)28-26)31(25)24-15-11-10-14-23(24)22(20)6-2/h7-15,20,22,25H,5-6,16-17H2,1-4H3. The van der Waals surface area contributed by atoms with Gasteiger partial charge in [0.1, 0.15) is 6.17 Å². The number of anilines is 4. The van der Waals surface area contributed by atoms with Crippen molar-refractivity contribution in [2.45, 2.75) is 65.5 Å². The molecular formula is C27H32N4. The zero-order valence-electron chi connectivity index (χ0n) is 19.0. The molecule has 0 spiro atoms. The number of nitrogens with zero attached hydrogens (tertiary/aromatic N) is 4. The average molecular weight is 413 g/mol. The summed E-state index contributed by atoms with van der Waals surface area (Å²) in [7, 11) is 0. The molecule has 0 saturated heterocycles. The molecule has 0 amide bonds. The lowest BCUT2D eigenvalue weighted by Crippen LogP contribution is -2.41. The van der Waals surface area contributed by atoms with Crippen LogP contribution >= 0.6 is 0 Å². The Labute approximate surface area is 186 Å². The first-order valence-corrected chi connectivity index (χ1v) is 11.7. The minimum Gasteiger partial charge on any atom is -0.302 e. The van der Waals surface area contributed by atoms with Gasteiger partial charge in [-0.05, 0) is 68.7 Å². The summed E-state index contributed by atoms with van der Waals surface area (Å²) in [5.41, 5.74) is 5.95. The van der Waals surface area contributed by atoms with E-state index >= 15 is 0 Å². The third kappa shape index (κ3) is 3.20. The summed E-state index contributed by atoms with van der Waals surface area (Å²) in [5, 5.41) is 0. The van der Waals surface area contributed by atoms with Crippen LogP contribution in [0.3, 0.4) is 0 Å². The Bertz CT molecular complexity index is 1080. The van der Waals surface area contributed by atoms with Gasteiger partial charge in [0, 0.05) is 11.4 Å². The van der Waals surface area contributed by atoms with E-state index in [-0.39, 0.29) is 6.17 Å². The van der Waals surface area contributed by atoms with E-state index in [0.29, 0.717) is 11.8 Å². The highest BCUT2D eigenvalue weighted by Crippen LogP contribution is 2.52. The van der Waals surface area contributed by atoms with Gasteiger partial charge in [-0.2, -0.15) is 0 Å². The largest absolute Gasteiger partial charge is 0.302 e. The molecule has 31 heavy (non-hydrogen) atoms. The number of aryl methyl sites for hydroxylation is 2. The van der Waals surface area contributed by atoms with Crippen LogP contribution in [-0.4, -0.2) is 16.1 Å². The van der Waals surface area contributed by atoms with Crippen molar-refractivity contribution in [3.8, 4) is 0 Å². The Morgan fingerprint density at radius 3 is 2.10 bits per heavy atom. The molecule has 0 saturated carbocycles. The molecular weight excluding hydrogens is 380 g/mol. The number of aromatic nitrogens is 2. The van der Waals surface area contributed by atoms with Crippen LogP contribution in [0.4, 0.5) is 23.0 Å². The lowest BCUT2D eigenvalue weighted by molar-refractivity contribution is 0.346. The number of hydrogen-bond acceptors (Lipinski definition) is 4. The van der Waals surface area contributed by atoms with E-state index in [2.05, 4.69) is 92.1 Å². The van der Waals surface area contributed by atoms with Crippen LogP contribution in [0.15, 0.2) is 54.6 Å². The first-order valence-electron chi connectivity index (χ1n) is 11.7. The van der Waals surface area contributed by atoms with Gasteiger partial charge in [-0.15, -0.1) is 0 Å². The van der Waals surface area contributed by atoms with E-state index in [1.54, 1.807) is 0 Å². The fourth-order valence-electron chi connectivity index (χ4n) is 5.60. The molecule has 4 heteroatoms. The molecule has 0 aliphatic carbocycles. The lowest BCUT2D eigenvalue weighted by Gasteiger charge is -2.39. The van der Waals surface area contributed by atoms with Gasteiger partial charge in [0.05, 0.1) is 11.4 Å². The zero-order chi connectivity index (χ0) is 21.5. The summed E-state index contributed by atoms with van der Waals surface area (Å²) < 4.78 is 0. The molecule has 3 atom stereocenters. The van der Waals surface area contributed by atoms with Crippen molar-refractivity contribution in [2.75, 3.05) is 9.80 Å². The molecule has 3 aromatic rings. The maximum atomic E-state index is 5.10. The van der Waals surface area contributed by atoms with Crippen molar-refractivity contribution in [3.05, 3.63) is 71.5 Å². The normalized spacial score (nSPS) is 22.4. The van der Waals surface area contributed by atoms with Crippen LogP contribution in [0.2, 0.25) is 0 Å². The van der Waals surface area contributed by atoms with Crippen molar-refractivity contribution in [3.63, 3.8) is 0 Å². The average Bonchev–Trinajstić information content (AvgIpc) is 3.08. The summed E-state index contributed by atoms with van der Waals surface area (Å²) in [5.74, 6) is 3.25. The number of benzene rings is 2. The van der Waals surface area contributed by atoms with Gasteiger partial charge in [-0.1, -0.05) is 56.7 Å². The fourth-order valence-corrected chi connectivity index (χ4v) is 5.60. The number of hydrogen-bond donors (Lipinski definition) is 0. The molecule has 1 aromatic heterocycles. The molecule has 4 nitrogen and oxygen atoms in total. The van der Waals surface area contributed by atoms with Crippen molar-refractivity contribution in [2.24, 2.45) is 5.92 Å². The van der Waals surface area contributed by atoms with Crippen LogP contribution in [0.5, 0.6) is 0 Å². The molecule has 3 unspecified atom stereocenters. The molecule has 2 aliphatic rings. The second-order valence-electron chi connectivity index (χ2n) is 8.92. The van der Waals surface area contributed by atoms with Crippen molar-refractivity contribution in [1.29, 1.82) is 0 Å². The van der Waals surface area contributed by atoms with Gasteiger partial charge in [0.15, 0.2) is 11.6 Å². The first kappa shape index (κ1) is 20.0. The lowest BCUT2D eigenvalue weighted by atomic mass is 9.77. The number of fused-ring (bicyclic) bond motifs is 5. The minimum absolute atomic E-state index is 0.187. The maximum absolute atomic E-state index is 5.10. The quantitative estimate of drug-likeness (QED) is 0.462. The Morgan fingerprint density at radius 1 is 0.774 bits per heavy atom. The van der Waals surface area contributed by atoms with Crippen LogP contribution in [-0.2, 0) is 0 Å². The van der Waals surface area contributed by atoms with E-state index in [0.717, 1.165) is 29.4 Å². The third-order valence-electron chi connectivity index (χ3n) is 7.28. The molecule has 0 N–H and O–H groups in total. The molecule has 160 valence electrons. The summed E-state index contributed by atoms with van der Waals surface area (Å²) in [6.07, 6.45) is 4.87. The van der Waals surface area contributed by atoms with Crippen LogP contribution < -0.4 is 9.80 Å². The highest BCUT2D eigenvalue weighted by molar-refractivity contribution is 5.84. The molecule has 3 heterocycles. The van der Waals surface area contributed by atoms with E-state index in [4.69, 9.17) is 9.97 Å². The van der Waals surface area contributed by atoms with E-state index in [1.165, 1.54) is 36.2 Å². The molecule has 2 aromatic carbocycles. The summed E-state index contributed by atoms with van der Waals surface area (Å²) >= 11 is 0. The maximum Gasteiger partial charge on any atom is 0.178 e. The number of rotatable bonds is 3. The predicted octanol–water partition coefficient (Wildman–Crippen LogP) is 7.02. The summed E-state index contributed by atoms with van der Waals surface area (Å²) in [6.45, 7) is 8.82. The Hall–Kier alpha value is -2.88. The predicted molar refractivity (Wildman–Crippen MR) is 129 cm³/mol. The van der Waals surface area contributed by atoms with E-state index < -0.39 is 0 Å². The molecule has 0 fully saturated rings. The van der Waals surface area contributed by atoms with Crippen molar-refractivity contribution < 1.29 is 0 Å². The highest BCUT2D eigenvalue weighted by Gasteiger charge is 2.43. The smallest absolute Gasteiger partial charge is 0.178 e. The van der Waals surface area contributed by atoms with Gasteiger partial charge in [0.25, 0.3) is 0 Å². The van der Waals surface area contributed by atoms with E-state index in [1.807, 2.05) is 0 Å². The number of para-hydroxylation sites is 2. The van der Waals surface area contributed by atoms with Crippen LogP contribution in [0.1, 0.15) is 62.4 Å². The Kier molecular flexibility index (Phi) is 5.17. The molecule has 0 radical (unpaired) electrons. The molecule has 5 rings (SSSR count).